The van der Waals surface area contributed by atoms with E-state index in [0.29, 0.717) is 18.0 Å². The van der Waals surface area contributed by atoms with Crippen LogP contribution in [0.15, 0.2) is 36.4 Å². The Hall–Kier alpha value is -3.08. The molecule has 2 aromatic carbocycles. The Kier molecular flexibility index (Phi) is 9.32. The van der Waals surface area contributed by atoms with Gasteiger partial charge < -0.3 is 30.3 Å². The molecule has 2 amide bonds. The van der Waals surface area contributed by atoms with E-state index in [0.717, 1.165) is 38.0 Å². The smallest absolute Gasteiger partial charge is 0.319 e. The first-order valence-corrected chi connectivity index (χ1v) is 11.4. The fraction of sp³-hybridized carbons (Fsp3) is 0.435. The molecule has 1 unspecified atom stereocenters. The highest BCUT2D eigenvalue weighted by molar-refractivity contribution is 6.32. The van der Waals surface area contributed by atoms with Gasteiger partial charge >= 0.3 is 6.03 Å². The number of urea groups is 1. The van der Waals surface area contributed by atoms with Gasteiger partial charge in [-0.15, -0.1) is 0 Å². The molecular formula is C23H30ClN5O5. The van der Waals surface area contributed by atoms with Crippen LogP contribution in [0.1, 0.15) is 24.3 Å². The van der Waals surface area contributed by atoms with Crippen molar-refractivity contribution in [2.24, 2.45) is 0 Å². The molecule has 34 heavy (non-hydrogen) atoms. The third-order valence-corrected chi connectivity index (χ3v) is 5.73. The van der Waals surface area contributed by atoms with Crippen LogP contribution in [-0.4, -0.2) is 62.9 Å². The van der Waals surface area contributed by atoms with Crippen LogP contribution in [0.3, 0.4) is 0 Å². The zero-order chi connectivity index (χ0) is 24.5. The van der Waals surface area contributed by atoms with Gasteiger partial charge in [-0.05, 0) is 76.4 Å². The first kappa shape index (κ1) is 25.5. The SMILES string of the molecule is CN(C)CCCNCCC(CNC(=O)Nc1ccc(Cl)c([N+](=O)[O-])c1)c1ccc2c(c1)OCO2. The fourth-order valence-electron chi connectivity index (χ4n) is 3.60. The van der Waals surface area contributed by atoms with Crippen molar-refractivity contribution in [3.05, 3.63) is 57.1 Å². The normalized spacial score (nSPS) is 13.1. The largest absolute Gasteiger partial charge is 0.454 e. The van der Waals surface area contributed by atoms with Crippen LogP contribution >= 0.6 is 11.6 Å². The number of nitrogens with zero attached hydrogens (tertiary/aromatic N) is 2. The Morgan fingerprint density at radius 1 is 1.18 bits per heavy atom. The van der Waals surface area contributed by atoms with E-state index in [-0.39, 0.29) is 29.1 Å². The Morgan fingerprint density at radius 2 is 1.97 bits per heavy atom. The number of amides is 2. The summed E-state index contributed by atoms with van der Waals surface area (Å²) in [5, 5.41) is 20.0. The number of benzene rings is 2. The molecule has 0 aromatic heterocycles. The number of rotatable bonds is 12. The minimum absolute atomic E-state index is 0.0110. The second-order valence-corrected chi connectivity index (χ2v) is 8.67. The second kappa shape index (κ2) is 12.4. The minimum Gasteiger partial charge on any atom is -0.454 e. The van der Waals surface area contributed by atoms with Crippen LogP contribution < -0.4 is 25.4 Å². The number of anilines is 1. The maximum atomic E-state index is 12.5. The van der Waals surface area contributed by atoms with Gasteiger partial charge in [0.15, 0.2) is 11.5 Å². The summed E-state index contributed by atoms with van der Waals surface area (Å²) < 4.78 is 10.9. The molecule has 10 nitrogen and oxygen atoms in total. The number of ether oxygens (including phenoxy) is 2. The van der Waals surface area contributed by atoms with Gasteiger partial charge in [-0.25, -0.2) is 4.79 Å². The lowest BCUT2D eigenvalue weighted by Crippen LogP contribution is -2.33. The summed E-state index contributed by atoms with van der Waals surface area (Å²) in [6, 6.07) is 9.47. The van der Waals surface area contributed by atoms with E-state index in [1.54, 1.807) is 0 Å². The Bertz CT molecular complexity index is 1000. The Morgan fingerprint density at radius 3 is 2.74 bits per heavy atom. The van der Waals surface area contributed by atoms with Crippen molar-refractivity contribution in [1.82, 2.24) is 15.5 Å². The van der Waals surface area contributed by atoms with Gasteiger partial charge in [-0.2, -0.15) is 0 Å². The predicted molar refractivity (Wildman–Crippen MR) is 131 cm³/mol. The highest BCUT2D eigenvalue weighted by atomic mass is 35.5. The summed E-state index contributed by atoms with van der Waals surface area (Å²) in [4.78, 5) is 25.1. The van der Waals surface area contributed by atoms with Gasteiger partial charge in [0.1, 0.15) is 5.02 Å². The van der Waals surface area contributed by atoms with Crippen LogP contribution in [0.4, 0.5) is 16.2 Å². The van der Waals surface area contributed by atoms with Gasteiger partial charge in [0, 0.05) is 24.2 Å². The monoisotopic (exact) mass is 491 g/mol. The van der Waals surface area contributed by atoms with Crippen molar-refractivity contribution in [2.75, 3.05) is 52.4 Å². The van der Waals surface area contributed by atoms with Crippen molar-refractivity contribution < 1.29 is 19.2 Å². The van der Waals surface area contributed by atoms with E-state index in [9.17, 15) is 14.9 Å². The maximum absolute atomic E-state index is 12.5. The zero-order valence-electron chi connectivity index (χ0n) is 19.3. The fourth-order valence-corrected chi connectivity index (χ4v) is 3.78. The molecule has 2 aromatic rings. The molecule has 184 valence electrons. The number of halogens is 1. The van der Waals surface area contributed by atoms with E-state index in [1.807, 2.05) is 18.2 Å². The minimum atomic E-state index is -0.591. The number of hydrogen-bond acceptors (Lipinski definition) is 7. The molecule has 0 aliphatic carbocycles. The number of nitrogens with one attached hydrogen (secondary N) is 3. The second-order valence-electron chi connectivity index (χ2n) is 8.26. The summed E-state index contributed by atoms with van der Waals surface area (Å²) in [6.07, 6.45) is 1.85. The number of carbonyl (C=O) groups is 1. The van der Waals surface area contributed by atoms with Crippen molar-refractivity contribution in [2.45, 2.75) is 18.8 Å². The van der Waals surface area contributed by atoms with Gasteiger partial charge in [0.25, 0.3) is 5.69 Å². The van der Waals surface area contributed by atoms with Gasteiger partial charge in [-0.3, -0.25) is 10.1 Å². The molecule has 3 N–H and O–H groups in total. The van der Waals surface area contributed by atoms with Crippen molar-refractivity contribution >= 4 is 29.0 Å². The van der Waals surface area contributed by atoms with E-state index in [2.05, 4.69) is 34.9 Å². The molecule has 1 aliphatic rings. The highest BCUT2D eigenvalue weighted by Crippen LogP contribution is 2.35. The molecule has 1 aliphatic heterocycles. The summed E-state index contributed by atoms with van der Waals surface area (Å²) in [5.41, 5.74) is 1.05. The number of carbonyl (C=O) groups excluding carboxylic acids is 1. The van der Waals surface area contributed by atoms with Crippen LogP contribution in [0.2, 0.25) is 5.02 Å². The van der Waals surface area contributed by atoms with Crippen molar-refractivity contribution in [1.29, 1.82) is 0 Å². The van der Waals surface area contributed by atoms with Crippen LogP contribution in [0.5, 0.6) is 11.5 Å². The standard InChI is InChI=1S/C23H30ClN5O5/c1-28(2)11-3-9-25-10-8-17(16-4-7-21-22(12-16)34-15-33-21)14-26-23(30)27-18-5-6-19(24)20(13-18)29(31)32/h4-7,12-13,17,25H,3,8-11,14-15H2,1-2H3,(H2,26,27,30). The number of nitro benzene ring substituents is 1. The third-order valence-electron chi connectivity index (χ3n) is 5.41. The third kappa shape index (κ3) is 7.47. The van der Waals surface area contributed by atoms with Gasteiger partial charge in [-0.1, -0.05) is 17.7 Å². The summed E-state index contributed by atoms with van der Waals surface area (Å²) in [7, 11) is 4.10. The Labute approximate surface area is 203 Å². The predicted octanol–water partition coefficient (Wildman–Crippen LogP) is 3.81. The molecule has 3 rings (SSSR count). The van der Waals surface area contributed by atoms with E-state index in [4.69, 9.17) is 21.1 Å². The number of fused-ring (bicyclic) bond motifs is 1. The lowest BCUT2D eigenvalue weighted by Gasteiger charge is -2.19. The van der Waals surface area contributed by atoms with E-state index in [1.165, 1.54) is 18.2 Å². The summed E-state index contributed by atoms with van der Waals surface area (Å²) >= 11 is 5.84. The average Bonchev–Trinajstić information content (AvgIpc) is 3.27. The summed E-state index contributed by atoms with van der Waals surface area (Å²) in [5.74, 6) is 1.43. The highest BCUT2D eigenvalue weighted by Gasteiger charge is 2.19. The Balaban J connectivity index is 1.58. The number of nitro groups is 1. The molecule has 1 atom stereocenters. The molecule has 0 bridgehead atoms. The molecule has 0 radical (unpaired) electrons. The van der Waals surface area contributed by atoms with Crippen LogP contribution in [0.25, 0.3) is 0 Å². The summed E-state index contributed by atoms with van der Waals surface area (Å²) in [6.45, 7) is 3.29. The van der Waals surface area contributed by atoms with Gasteiger partial charge in [0.05, 0.1) is 4.92 Å². The van der Waals surface area contributed by atoms with Crippen LogP contribution in [0, 0.1) is 10.1 Å². The molecule has 0 saturated carbocycles. The van der Waals surface area contributed by atoms with Crippen molar-refractivity contribution in [3.8, 4) is 11.5 Å². The molecule has 0 saturated heterocycles. The number of hydrogen-bond donors (Lipinski definition) is 3. The average molecular weight is 492 g/mol. The maximum Gasteiger partial charge on any atom is 0.319 e. The first-order valence-electron chi connectivity index (χ1n) is 11.1. The lowest BCUT2D eigenvalue weighted by molar-refractivity contribution is -0.384. The van der Waals surface area contributed by atoms with Crippen LogP contribution in [-0.2, 0) is 0 Å². The molecule has 11 heteroatoms. The van der Waals surface area contributed by atoms with E-state index >= 15 is 0 Å². The van der Waals surface area contributed by atoms with Gasteiger partial charge in [0.2, 0.25) is 6.79 Å². The van der Waals surface area contributed by atoms with E-state index < -0.39 is 11.0 Å². The molecule has 0 spiro atoms. The quantitative estimate of drug-likeness (QED) is 0.235. The lowest BCUT2D eigenvalue weighted by atomic mass is 9.95. The molecule has 0 fully saturated rings. The topological polar surface area (TPSA) is 118 Å². The molecular weight excluding hydrogens is 462 g/mol. The first-order chi connectivity index (χ1) is 16.3. The molecule has 1 heterocycles. The zero-order valence-corrected chi connectivity index (χ0v) is 20.1. The van der Waals surface area contributed by atoms with Crippen molar-refractivity contribution in [3.63, 3.8) is 0 Å².